The Morgan fingerprint density at radius 1 is 1.27 bits per heavy atom. The SMILES string of the molecule is COc1ccccc1N1CCN(CC[n+]2cc(=O)o[nH]2)CC1. The van der Waals surface area contributed by atoms with E-state index in [4.69, 9.17) is 4.74 Å². The van der Waals surface area contributed by atoms with E-state index >= 15 is 0 Å². The molecular weight excluding hydrogens is 284 g/mol. The van der Waals surface area contributed by atoms with Gasteiger partial charge in [-0.3, -0.25) is 9.42 Å². The van der Waals surface area contributed by atoms with Crippen molar-refractivity contribution in [3.8, 4) is 5.75 Å². The lowest BCUT2D eigenvalue weighted by Crippen LogP contribution is -2.50. The Morgan fingerprint density at radius 3 is 2.73 bits per heavy atom. The molecule has 1 aliphatic rings. The van der Waals surface area contributed by atoms with Crippen LogP contribution in [0.2, 0.25) is 0 Å². The molecule has 0 atom stereocenters. The molecule has 1 fully saturated rings. The number of hydrogen-bond donors (Lipinski definition) is 1. The van der Waals surface area contributed by atoms with Crippen molar-refractivity contribution in [2.45, 2.75) is 6.54 Å². The van der Waals surface area contributed by atoms with Crippen molar-refractivity contribution in [1.29, 1.82) is 0 Å². The number of aromatic nitrogens is 2. The molecule has 0 unspecified atom stereocenters. The van der Waals surface area contributed by atoms with Gasteiger partial charge in [0.1, 0.15) is 5.75 Å². The third kappa shape index (κ3) is 3.30. The molecular formula is C15H21N4O3+. The fourth-order valence-electron chi connectivity index (χ4n) is 2.75. The van der Waals surface area contributed by atoms with Crippen LogP contribution in [0.25, 0.3) is 0 Å². The smallest absolute Gasteiger partial charge is 0.426 e. The average molecular weight is 305 g/mol. The highest BCUT2D eigenvalue weighted by molar-refractivity contribution is 5.58. The first-order valence-electron chi connectivity index (χ1n) is 7.44. The number of benzene rings is 1. The first-order valence-corrected chi connectivity index (χ1v) is 7.44. The maximum absolute atomic E-state index is 11.0. The number of methoxy groups -OCH3 is 1. The number of anilines is 1. The Balaban J connectivity index is 1.53. The number of nitrogens with one attached hydrogen (secondary N) is 1. The summed E-state index contributed by atoms with van der Waals surface area (Å²) in [5.74, 6) is 0.919. The minimum absolute atomic E-state index is 0.346. The fourth-order valence-corrected chi connectivity index (χ4v) is 2.75. The molecule has 1 saturated heterocycles. The standard InChI is InChI=1S/C15H20N4O3/c1-21-14-5-3-2-4-13(14)18-9-6-17(7-10-18)8-11-19-12-15(20)22-16-19/h2-5,12H,6-11H2,1H3/p+1. The number of piperazine rings is 1. The van der Waals surface area contributed by atoms with Crippen LogP contribution < -0.4 is 19.9 Å². The lowest BCUT2D eigenvalue weighted by atomic mass is 10.2. The van der Waals surface area contributed by atoms with Gasteiger partial charge in [0.2, 0.25) is 0 Å². The highest BCUT2D eigenvalue weighted by atomic mass is 16.5. The first kappa shape index (κ1) is 14.6. The largest absolute Gasteiger partial charge is 0.495 e. The van der Waals surface area contributed by atoms with E-state index in [1.807, 2.05) is 18.2 Å². The first-order chi connectivity index (χ1) is 10.8. The van der Waals surface area contributed by atoms with E-state index in [1.165, 1.54) is 6.20 Å². The lowest BCUT2D eigenvalue weighted by Gasteiger charge is -2.36. The van der Waals surface area contributed by atoms with Gasteiger partial charge in [-0.2, -0.15) is 0 Å². The highest BCUT2D eigenvalue weighted by Gasteiger charge is 2.20. The number of hydrogen-bond acceptors (Lipinski definition) is 5. The molecule has 22 heavy (non-hydrogen) atoms. The van der Waals surface area contributed by atoms with Crippen molar-refractivity contribution >= 4 is 5.69 Å². The summed E-state index contributed by atoms with van der Waals surface area (Å²) in [6.07, 6.45) is 1.44. The topological polar surface area (TPSA) is 65.6 Å². The van der Waals surface area contributed by atoms with Crippen molar-refractivity contribution in [3.05, 3.63) is 40.9 Å². The summed E-state index contributed by atoms with van der Waals surface area (Å²) in [5.41, 5.74) is 0.805. The van der Waals surface area contributed by atoms with E-state index in [0.29, 0.717) is 0 Å². The molecule has 7 nitrogen and oxygen atoms in total. The van der Waals surface area contributed by atoms with Crippen LogP contribution in [0.5, 0.6) is 5.75 Å². The highest BCUT2D eigenvalue weighted by Crippen LogP contribution is 2.28. The minimum Gasteiger partial charge on any atom is -0.495 e. The van der Waals surface area contributed by atoms with Gasteiger partial charge in [-0.05, 0) is 17.4 Å². The van der Waals surface area contributed by atoms with Crippen molar-refractivity contribution in [2.24, 2.45) is 0 Å². The second-order valence-electron chi connectivity index (χ2n) is 5.34. The fraction of sp³-hybridized carbons (Fsp3) is 0.467. The Hall–Kier alpha value is -2.28. The van der Waals surface area contributed by atoms with E-state index in [-0.39, 0.29) is 5.63 Å². The van der Waals surface area contributed by atoms with E-state index < -0.39 is 0 Å². The van der Waals surface area contributed by atoms with Crippen molar-refractivity contribution in [3.63, 3.8) is 0 Å². The molecule has 0 bridgehead atoms. The molecule has 1 aliphatic heterocycles. The molecule has 2 heterocycles. The van der Waals surface area contributed by atoms with Gasteiger partial charge < -0.3 is 9.64 Å². The van der Waals surface area contributed by atoms with Crippen LogP contribution in [0.1, 0.15) is 0 Å². The van der Waals surface area contributed by atoms with Crippen molar-refractivity contribution in [1.82, 2.24) is 10.2 Å². The van der Waals surface area contributed by atoms with Gasteiger partial charge in [0.15, 0.2) is 6.54 Å². The summed E-state index contributed by atoms with van der Waals surface area (Å²) < 4.78 is 11.8. The third-order valence-corrected chi connectivity index (χ3v) is 3.98. The van der Waals surface area contributed by atoms with E-state index in [2.05, 4.69) is 25.7 Å². The molecule has 118 valence electrons. The van der Waals surface area contributed by atoms with Gasteiger partial charge in [0.25, 0.3) is 6.20 Å². The van der Waals surface area contributed by atoms with Gasteiger partial charge in [-0.15, -0.1) is 0 Å². The summed E-state index contributed by atoms with van der Waals surface area (Å²) >= 11 is 0. The molecule has 0 spiro atoms. The maximum Gasteiger partial charge on any atom is 0.426 e. The van der Waals surface area contributed by atoms with Crippen LogP contribution in [-0.2, 0) is 6.54 Å². The Labute approximate surface area is 128 Å². The van der Waals surface area contributed by atoms with E-state index in [0.717, 1.165) is 50.7 Å². The zero-order chi connectivity index (χ0) is 15.4. The van der Waals surface area contributed by atoms with Gasteiger partial charge in [-0.25, -0.2) is 4.79 Å². The Kier molecular flexibility index (Phi) is 4.43. The maximum atomic E-state index is 11.0. The van der Waals surface area contributed by atoms with Crippen LogP contribution in [0, 0.1) is 0 Å². The van der Waals surface area contributed by atoms with Crippen molar-refractivity contribution < 1.29 is 13.9 Å². The number of para-hydroxylation sites is 2. The molecule has 1 aromatic carbocycles. The van der Waals surface area contributed by atoms with Crippen LogP contribution in [0.15, 0.2) is 39.8 Å². The van der Waals surface area contributed by atoms with Gasteiger partial charge in [-0.1, -0.05) is 16.8 Å². The molecule has 0 saturated carbocycles. The molecule has 1 aromatic heterocycles. The predicted molar refractivity (Wildman–Crippen MR) is 81.2 cm³/mol. The monoisotopic (exact) mass is 305 g/mol. The summed E-state index contributed by atoms with van der Waals surface area (Å²) in [6, 6.07) is 8.12. The third-order valence-electron chi connectivity index (χ3n) is 3.98. The number of H-pyrrole nitrogens is 1. The summed E-state index contributed by atoms with van der Waals surface area (Å²) in [6.45, 7) is 5.52. The van der Waals surface area contributed by atoms with Crippen LogP contribution in [-0.4, -0.2) is 50.0 Å². The summed E-state index contributed by atoms with van der Waals surface area (Å²) in [4.78, 5) is 15.7. The van der Waals surface area contributed by atoms with Crippen molar-refractivity contribution in [2.75, 3.05) is 44.7 Å². The number of nitrogens with zero attached hydrogens (tertiary/aromatic N) is 3. The lowest BCUT2D eigenvalue weighted by molar-refractivity contribution is -0.761. The van der Waals surface area contributed by atoms with Gasteiger partial charge in [0.05, 0.1) is 19.3 Å². The van der Waals surface area contributed by atoms with Gasteiger partial charge >= 0.3 is 5.63 Å². The van der Waals surface area contributed by atoms with E-state index in [9.17, 15) is 4.79 Å². The van der Waals surface area contributed by atoms with Crippen LogP contribution >= 0.6 is 0 Å². The molecule has 2 aromatic rings. The molecule has 3 rings (SSSR count). The number of aromatic amines is 1. The minimum atomic E-state index is -0.346. The summed E-state index contributed by atoms with van der Waals surface area (Å²) in [7, 11) is 1.71. The second-order valence-corrected chi connectivity index (χ2v) is 5.34. The predicted octanol–water partition coefficient (Wildman–Crippen LogP) is 0.0862. The average Bonchev–Trinajstić information content (AvgIpc) is 2.99. The normalized spacial score (nSPS) is 16.0. The summed E-state index contributed by atoms with van der Waals surface area (Å²) in [5, 5.41) is 2.57. The number of ether oxygens (including phenoxy) is 1. The Morgan fingerprint density at radius 2 is 2.05 bits per heavy atom. The van der Waals surface area contributed by atoms with Crippen LogP contribution in [0.4, 0.5) is 5.69 Å². The quantitative estimate of drug-likeness (QED) is 0.793. The van der Waals surface area contributed by atoms with Crippen LogP contribution in [0.3, 0.4) is 0 Å². The zero-order valence-electron chi connectivity index (χ0n) is 12.7. The zero-order valence-corrected chi connectivity index (χ0v) is 12.7. The second kappa shape index (κ2) is 6.65. The Bertz CT molecular complexity index is 659. The molecule has 0 aliphatic carbocycles. The molecule has 0 radical (unpaired) electrons. The molecule has 0 amide bonds. The molecule has 1 N–H and O–H groups in total. The number of rotatable bonds is 5. The van der Waals surface area contributed by atoms with E-state index in [1.54, 1.807) is 11.8 Å². The molecule has 7 heteroatoms. The van der Waals surface area contributed by atoms with Gasteiger partial charge in [0, 0.05) is 26.2 Å².